The summed E-state index contributed by atoms with van der Waals surface area (Å²) in [5, 5.41) is 1.14. The Morgan fingerprint density at radius 2 is 2.00 bits per heavy atom. The van der Waals surface area contributed by atoms with Crippen molar-refractivity contribution in [1.29, 1.82) is 0 Å². The Hall–Kier alpha value is -0.350. The summed E-state index contributed by atoms with van der Waals surface area (Å²) in [6.07, 6.45) is 0. The van der Waals surface area contributed by atoms with Gasteiger partial charge in [0.2, 0.25) is 0 Å². The van der Waals surface area contributed by atoms with Crippen LogP contribution in [0.2, 0.25) is 10.0 Å². The lowest BCUT2D eigenvalue weighted by Gasteiger charge is -2.26. The molecule has 0 amide bonds. The summed E-state index contributed by atoms with van der Waals surface area (Å²) in [6, 6.07) is 6.01. The van der Waals surface area contributed by atoms with Gasteiger partial charge in [0.05, 0.1) is 15.0 Å². The van der Waals surface area contributed by atoms with Gasteiger partial charge in [-0.1, -0.05) is 41.5 Å². The van der Waals surface area contributed by atoms with Gasteiger partial charge in [-0.25, -0.2) is 0 Å². The molecule has 0 unspecified atom stereocenters. The highest BCUT2D eigenvalue weighted by molar-refractivity contribution is 7.80. The second-order valence-electron chi connectivity index (χ2n) is 4.21. The van der Waals surface area contributed by atoms with Crippen molar-refractivity contribution >= 4 is 40.4 Å². The molecule has 0 radical (unpaired) electrons. The van der Waals surface area contributed by atoms with Crippen molar-refractivity contribution in [2.75, 3.05) is 6.54 Å². The van der Waals surface area contributed by atoms with Gasteiger partial charge in [-0.3, -0.25) is 4.90 Å². The molecule has 0 saturated heterocycles. The third-order valence-corrected chi connectivity index (χ3v) is 3.33. The highest BCUT2D eigenvalue weighted by Gasteiger charge is 2.11. The monoisotopic (exact) mass is 290 g/mol. The lowest BCUT2D eigenvalue weighted by molar-refractivity contribution is 0.245. The molecule has 1 aromatic carbocycles. The molecule has 2 N–H and O–H groups in total. The number of rotatable bonds is 5. The van der Waals surface area contributed by atoms with Crippen molar-refractivity contribution in [3.8, 4) is 0 Å². The fourth-order valence-corrected chi connectivity index (χ4v) is 1.98. The fraction of sp³-hybridized carbons (Fsp3) is 0.417. The summed E-state index contributed by atoms with van der Waals surface area (Å²) in [5.74, 6) is 0. The van der Waals surface area contributed by atoms with E-state index in [2.05, 4.69) is 18.7 Å². The SMILES string of the molecule is CC(C)N(CC(N)=S)Cc1ccc(Cl)c(Cl)c1. The molecule has 17 heavy (non-hydrogen) atoms. The predicted molar refractivity (Wildman–Crippen MR) is 78.8 cm³/mol. The Morgan fingerprint density at radius 3 is 2.47 bits per heavy atom. The predicted octanol–water partition coefficient (Wildman–Crippen LogP) is 3.49. The number of hydrogen-bond acceptors (Lipinski definition) is 2. The van der Waals surface area contributed by atoms with Gasteiger partial charge in [0.1, 0.15) is 0 Å². The van der Waals surface area contributed by atoms with E-state index in [0.29, 0.717) is 27.6 Å². The molecule has 0 aromatic heterocycles. The minimum absolute atomic E-state index is 0.367. The van der Waals surface area contributed by atoms with Crippen LogP contribution in [0, 0.1) is 0 Å². The zero-order valence-electron chi connectivity index (χ0n) is 9.91. The number of thiocarbonyl (C=S) groups is 1. The molecule has 0 spiro atoms. The standard InChI is InChI=1S/C12H16Cl2N2S/c1-8(2)16(7-12(15)17)6-9-3-4-10(13)11(14)5-9/h3-5,8H,6-7H2,1-2H3,(H2,15,17). The second kappa shape index (κ2) is 6.55. The highest BCUT2D eigenvalue weighted by atomic mass is 35.5. The summed E-state index contributed by atoms with van der Waals surface area (Å²) >= 11 is 16.8. The van der Waals surface area contributed by atoms with Crippen LogP contribution in [0.15, 0.2) is 18.2 Å². The number of benzene rings is 1. The van der Waals surface area contributed by atoms with E-state index < -0.39 is 0 Å². The molecule has 0 aliphatic heterocycles. The molecule has 0 aliphatic rings. The number of nitrogens with zero attached hydrogens (tertiary/aromatic N) is 1. The summed E-state index contributed by atoms with van der Waals surface area (Å²) < 4.78 is 0. The maximum Gasteiger partial charge on any atom is 0.0870 e. The topological polar surface area (TPSA) is 29.3 Å². The lowest BCUT2D eigenvalue weighted by Crippen LogP contribution is -2.37. The molecule has 5 heteroatoms. The first kappa shape index (κ1) is 14.7. The first-order valence-corrected chi connectivity index (χ1v) is 6.53. The molecule has 0 heterocycles. The van der Waals surface area contributed by atoms with Crippen LogP contribution >= 0.6 is 35.4 Å². The Kier molecular flexibility index (Phi) is 5.67. The molecule has 0 aliphatic carbocycles. The van der Waals surface area contributed by atoms with Gasteiger partial charge in [-0.2, -0.15) is 0 Å². The van der Waals surface area contributed by atoms with Gasteiger partial charge in [0.15, 0.2) is 0 Å². The third-order valence-electron chi connectivity index (χ3n) is 2.46. The zero-order valence-corrected chi connectivity index (χ0v) is 12.2. The minimum atomic E-state index is 0.367. The van der Waals surface area contributed by atoms with E-state index in [9.17, 15) is 0 Å². The van der Waals surface area contributed by atoms with Gasteiger partial charge >= 0.3 is 0 Å². The van der Waals surface area contributed by atoms with Crippen molar-refractivity contribution in [2.24, 2.45) is 5.73 Å². The van der Waals surface area contributed by atoms with Crippen LogP contribution in [0.4, 0.5) is 0 Å². The fourth-order valence-electron chi connectivity index (χ4n) is 1.49. The molecule has 0 bridgehead atoms. The number of halogens is 2. The maximum atomic E-state index is 5.98. The largest absolute Gasteiger partial charge is 0.392 e. The Labute approximate surface area is 118 Å². The van der Waals surface area contributed by atoms with Gasteiger partial charge < -0.3 is 5.73 Å². The first-order valence-electron chi connectivity index (χ1n) is 5.36. The summed E-state index contributed by atoms with van der Waals surface area (Å²) in [5.41, 5.74) is 6.68. The summed E-state index contributed by atoms with van der Waals surface area (Å²) in [6.45, 7) is 5.57. The van der Waals surface area contributed by atoms with E-state index in [4.69, 9.17) is 41.2 Å². The summed E-state index contributed by atoms with van der Waals surface area (Å²) in [7, 11) is 0. The van der Waals surface area contributed by atoms with Crippen molar-refractivity contribution in [3.05, 3.63) is 33.8 Å². The van der Waals surface area contributed by atoms with Crippen LogP contribution in [-0.2, 0) is 6.54 Å². The van der Waals surface area contributed by atoms with Crippen LogP contribution in [-0.4, -0.2) is 22.5 Å². The van der Waals surface area contributed by atoms with E-state index in [1.165, 1.54) is 0 Å². The van der Waals surface area contributed by atoms with E-state index in [-0.39, 0.29) is 0 Å². The van der Waals surface area contributed by atoms with Crippen molar-refractivity contribution < 1.29 is 0 Å². The smallest absolute Gasteiger partial charge is 0.0870 e. The van der Waals surface area contributed by atoms with Gasteiger partial charge in [-0.05, 0) is 31.5 Å². The average molecular weight is 291 g/mol. The van der Waals surface area contributed by atoms with Crippen molar-refractivity contribution in [1.82, 2.24) is 4.90 Å². The average Bonchev–Trinajstić information content (AvgIpc) is 2.21. The Morgan fingerprint density at radius 1 is 1.35 bits per heavy atom. The quantitative estimate of drug-likeness (QED) is 0.842. The molecule has 1 aromatic rings. The van der Waals surface area contributed by atoms with Crippen LogP contribution < -0.4 is 5.73 Å². The highest BCUT2D eigenvalue weighted by Crippen LogP contribution is 2.23. The molecule has 0 atom stereocenters. The molecule has 94 valence electrons. The van der Waals surface area contributed by atoms with Crippen molar-refractivity contribution in [2.45, 2.75) is 26.4 Å². The van der Waals surface area contributed by atoms with E-state index in [1.54, 1.807) is 6.07 Å². The maximum absolute atomic E-state index is 5.98. The lowest BCUT2D eigenvalue weighted by atomic mass is 10.2. The zero-order chi connectivity index (χ0) is 13.0. The molecule has 0 fully saturated rings. The molecular weight excluding hydrogens is 275 g/mol. The van der Waals surface area contributed by atoms with Gasteiger partial charge in [0, 0.05) is 19.1 Å². The molecule has 1 rings (SSSR count). The van der Waals surface area contributed by atoms with Crippen LogP contribution in [0.1, 0.15) is 19.4 Å². The van der Waals surface area contributed by atoms with E-state index in [0.717, 1.165) is 12.1 Å². The number of nitrogens with two attached hydrogens (primary N) is 1. The van der Waals surface area contributed by atoms with Crippen LogP contribution in [0.3, 0.4) is 0 Å². The molecular formula is C12H16Cl2N2S. The minimum Gasteiger partial charge on any atom is -0.392 e. The second-order valence-corrected chi connectivity index (χ2v) is 5.55. The van der Waals surface area contributed by atoms with E-state index >= 15 is 0 Å². The van der Waals surface area contributed by atoms with Crippen LogP contribution in [0.25, 0.3) is 0 Å². The van der Waals surface area contributed by atoms with Gasteiger partial charge in [0.25, 0.3) is 0 Å². The summed E-state index contributed by atoms with van der Waals surface area (Å²) in [4.78, 5) is 2.68. The normalized spacial score (nSPS) is 11.2. The Bertz CT molecular complexity index is 407. The third kappa shape index (κ3) is 4.80. The number of hydrogen-bond donors (Lipinski definition) is 1. The van der Waals surface area contributed by atoms with Crippen LogP contribution in [0.5, 0.6) is 0 Å². The van der Waals surface area contributed by atoms with Gasteiger partial charge in [-0.15, -0.1) is 0 Å². The first-order chi connectivity index (χ1) is 7.90. The molecule has 0 saturated carbocycles. The molecule has 2 nitrogen and oxygen atoms in total. The van der Waals surface area contributed by atoms with E-state index in [1.807, 2.05) is 12.1 Å². The Balaban J connectivity index is 2.78. The van der Waals surface area contributed by atoms with Crippen molar-refractivity contribution in [3.63, 3.8) is 0 Å².